The number of nitrogens with one attached hydrogen (secondary N) is 1. The number of carboxylic acid groups (broad SMARTS) is 1. The lowest BCUT2D eigenvalue weighted by atomic mass is 10.1. The molecule has 0 aliphatic carbocycles. The van der Waals surface area contributed by atoms with Crippen molar-refractivity contribution in [3.8, 4) is 0 Å². The van der Waals surface area contributed by atoms with Crippen LogP contribution < -0.4 is 11.3 Å². The largest absolute Gasteiger partial charge is 0.478 e. The zero-order valence-electron chi connectivity index (χ0n) is 7.81. The van der Waals surface area contributed by atoms with Gasteiger partial charge in [0, 0.05) is 11.6 Å². The predicted molar refractivity (Wildman–Crippen MR) is 55.4 cm³/mol. The highest BCUT2D eigenvalue weighted by molar-refractivity contribution is 6.10. The maximum Gasteiger partial charge on any atom is 0.328 e. The Balaban J connectivity index is 2.95. The fraction of sp³-hybridized carbons (Fsp3) is 0. The summed E-state index contributed by atoms with van der Waals surface area (Å²) in [5.74, 6) is 3.63. The minimum absolute atomic E-state index is 0.331. The van der Waals surface area contributed by atoms with Gasteiger partial charge >= 0.3 is 5.97 Å². The molecule has 15 heavy (non-hydrogen) atoms. The van der Waals surface area contributed by atoms with E-state index in [1.165, 1.54) is 0 Å². The number of aliphatic carboxylic acids is 1. The molecule has 0 saturated heterocycles. The molecule has 78 valence electrons. The van der Waals surface area contributed by atoms with E-state index in [1.54, 1.807) is 24.3 Å². The molecule has 0 bridgehead atoms. The van der Waals surface area contributed by atoms with E-state index in [1.807, 2.05) is 0 Å². The molecule has 5 heteroatoms. The Hall–Kier alpha value is -2.14. The number of ketones is 1. The van der Waals surface area contributed by atoms with E-state index < -0.39 is 11.8 Å². The Labute approximate surface area is 86.2 Å². The molecule has 0 unspecified atom stereocenters. The summed E-state index contributed by atoms with van der Waals surface area (Å²) in [6, 6.07) is 6.57. The number of carboxylic acids is 1. The number of nitrogen functional groups attached to an aromatic ring is 1. The van der Waals surface area contributed by atoms with Gasteiger partial charge in [0.2, 0.25) is 0 Å². The highest BCUT2D eigenvalue weighted by Gasteiger charge is 2.06. The summed E-state index contributed by atoms with van der Waals surface area (Å²) >= 11 is 0. The first-order valence-electron chi connectivity index (χ1n) is 4.16. The van der Waals surface area contributed by atoms with Crippen LogP contribution in [0.1, 0.15) is 10.4 Å². The number of para-hydroxylation sites is 1. The number of anilines is 1. The molecule has 1 rings (SSSR count). The summed E-state index contributed by atoms with van der Waals surface area (Å²) < 4.78 is 0. The van der Waals surface area contributed by atoms with E-state index in [0.29, 0.717) is 11.3 Å². The minimum atomic E-state index is -1.17. The summed E-state index contributed by atoms with van der Waals surface area (Å²) in [6.07, 6.45) is 1.77. The molecule has 0 aliphatic heterocycles. The number of hydrogen-bond acceptors (Lipinski definition) is 4. The molecule has 1 aromatic rings. The lowest BCUT2D eigenvalue weighted by Crippen LogP contribution is -2.11. The predicted octanol–water partition coefficient (Wildman–Crippen LogP) is 0.796. The zero-order valence-corrected chi connectivity index (χ0v) is 7.81. The standard InChI is InChI=1S/C10H10N2O3/c11-12-8-4-2-1-3-7(8)9(13)5-6-10(14)15/h1-6,12H,11H2,(H,14,15). The van der Waals surface area contributed by atoms with Gasteiger partial charge in [-0.1, -0.05) is 12.1 Å². The molecule has 0 heterocycles. The molecular formula is C10H10N2O3. The van der Waals surface area contributed by atoms with E-state index >= 15 is 0 Å². The van der Waals surface area contributed by atoms with E-state index in [9.17, 15) is 9.59 Å². The van der Waals surface area contributed by atoms with Crippen molar-refractivity contribution in [3.63, 3.8) is 0 Å². The van der Waals surface area contributed by atoms with E-state index in [-0.39, 0.29) is 0 Å². The van der Waals surface area contributed by atoms with Crippen molar-refractivity contribution in [3.05, 3.63) is 42.0 Å². The molecule has 1 aromatic carbocycles. The maximum atomic E-state index is 11.5. The molecular weight excluding hydrogens is 196 g/mol. The lowest BCUT2D eigenvalue weighted by Gasteiger charge is -2.04. The van der Waals surface area contributed by atoms with Gasteiger partial charge in [-0.2, -0.15) is 0 Å². The highest BCUT2D eigenvalue weighted by atomic mass is 16.4. The zero-order chi connectivity index (χ0) is 11.3. The molecule has 0 spiro atoms. The second-order valence-corrected chi connectivity index (χ2v) is 2.73. The van der Waals surface area contributed by atoms with Crippen molar-refractivity contribution >= 4 is 17.4 Å². The molecule has 0 radical (unpaired) electrons. The Morgan fingerprint density at radius 3 is 2.53 bits per heavy atom. The molecule has 0 saturated carbocycles. The number of carbonyl (C=O) groups is 2. The average Bonchev–Trinajstić information content (AvgIpc) is 2.25. The van der Waals surface area contributed by atoms with E-state index in [2.05, 4.69) is 5.43 Å². The first-order valence-corrected chi connectivity index (χ1v) is 4.16. The maximum absolute atomic E-state index is 11.5. The monoisotopic (exact) mass is 206 g/mol. The Bertz CT molecular complexity index is 413. The smallest absolute Gasteiger partial charge is 0.328 e. The van der Waals surface area contributed by atoms with Crippen LogP contribution in [-0.2, 0) is 4.79 Å². The molecule has 0 aromatic heterocycles. The molecule has 0 amide bonds. The summed E-state index contributed by atoms with van der Waals surface area (Å²) in [5.41, 5.74) is 3.15. The number of hydrazine groups is 1. The van der Waals surface area contributed by atoms with Gasteiger partial charge in [0.15, 0.2) is 5.78 Å². The van der Waals surface area contributed by atoms with Crippen LogP contribution in [0.5, 0.6) is 0 Å². The third kappa shape index (κ3) is 2.92. The number of benzene rings is 1. The molecule has 0 aliphatic rings. The van der Waals surface area contributed by atoms with Crippen LogP contribution in [0, 0.1) is 0 Å². The fourth-order valence-electron chi connectivity index (χ4n) is 1.06. The van der Waals surface area contributed by atoms with E-state index in [0.717, 1.165) is 12.2 Å². The van der Waals surface area contributed by atoms with Gasteiger partial charge in [-0.15, -0.1) is 0 Å². The van der Waals surface area contributed by atoms with Crippen LogP contribution in [-0.4, -0.2) is 16.9 Å². The second-order valence-electron chi connectivity index (χ2n) is 2.73. The van der Waals surface area contributed by atoms with Gasteiger partial charge in [0.05, 0.1) is 5.69 Å². The number of carbonyl (C=O) groups excluding carboxylic acids is 1. The third-order valence-corrected chi connectivity index (χ3v) is 1.73. The number of nitrogens with two attached hydrogens (primary N) is 1. The minimum Gasteiger partial charge on any atom is -0.478 e. The number of rotatable bonds is 4. The summed E-state index contributed by atoms with van der Waals surface area (Å²) in [5, 5.41) is 8.36. The quantitative estimate of drug-likeness (QED) is 0.293. The van der Waals surface area contributed by atoms with Crippen molar-refractivity contribution in [1.82, 2.24) is 0 Å². The van der Waals surface area contributed by atoms with E-state index in [4.69, 9.17) is 10.9 Å². The highest BCUT2D eigenvalue weighted by Crippen LogP contribution is 2.14. The third-order valence-electron chi connectivity index (χ3n) is 1.73. The lowest BCUT2D eigenvalue weighted by molar-refractivity contribution is -0.131. The average molecular weight is 206 g/mol. The SMILES string of the molecule is NNc1ccccc1C(=O)C=CC(=O)O. The fourth-order valence-corrected chi connectivity index (χ4v) is 1.06. The normalized spacial score (nSPS) is 10.2. The van der Waals surface area contributed by atoms with Crippen LogP contribution in [0.15, 0.2) is 36.4 Å². The van der Waals surface area contributed by atoms with Gasteiger partial charge in [-0.05, 0) is 18.2 Å². The van der Waals surface area contributed by atoms with Gasteiger partial charge in [0.25, 0.3) is 0 Å². The first-order chi connectivity index (χ1) is 7.15. The van der Waals surface area contributed by atoms with Gasteiger partial charge in [-0.25, -0.2) is 4.79 Å². The van der Waals surface area contributed by atoms with Crippen LogP contribution in [0.25, 0.3) is 0 Å². The van der Waals surface area contributed by atoms with Crippen LogP contribution in [0.2, 0.25) is 0 Å². The molecule has 5 nitrogen and oxygen atoms in total. The molecule has 4 N–H and O–H groups in total. The van der Waals surface area contributed by atoms with Crippen molar-refractivity contribution < 1.29 is 14.7 Å². The van der Waals surface area contributed by atoms with Gasteiger partial charge in [-0.3, -0.25) is 10.6 Å². The summed E-state index contributed by atoms with van der Waals surface area (Å²) in [4.78, 5) is 21.7. The topological polar surface area (TPSA) is 92.4 Å². The van der Waals surface area contributed by atoms with Gasteiger partial charge in [0.1, 0.15) is 0 Å². The van der Waals surface area contributed by atoms with Crippen molar-refractivity contribution in [2.45, 2.75) is 0 Å². The number of hydrogen-bond donors (Lipinski definition) is 3. The Kier molecular flexibility index (Phi) is 3.59. The molecule has 0 fully saturated rings. The first kappa shape index (κ1) is 10.9. The van der Waals surface area contributed by atoms with Crippen molar-refractivity contribution in [2.24, 2.45) is 5.84 Å². The second kappa shape index (κ2) is 4.92. The van der Waals surface area contributed by atoms with Crippen molar-refractivity contribution in [1.29, 1.82) is 0 Å². The molecule has 0 atom stereocenters. The Morgan fingerprint density at radius 1 is 1.27 bits per heavy atom. The van der Waals surface area contributed by atoms with Crippen molar-refractivity contribution in [2.75, 3.05) is 5.43 Å². The van der Waals surface area contributed by atoms with Crippen LogP contribution >= 0.6 is 0 Å². The number of allylic oxidation sites excluding steroid dienone is 1. The summed E-state index contributed by atoms with van der Waals surface area (Å²) in [6.45, 7) is 0. The Morgan fingerprint density at radius 2 is 1.93 bits per heavy atom. The van der Waals surface area contributed by atoms with Crippen LogP contribution in [0.4, 0.5) is 5.69 Å². The van der Waals surface area contributed by atoms with Crippen LogP contribution in [0.3, 0.4) is 0 Å². The summed E-state index contributed by atoms with van der Waals surface area (Å²) in [7, 11) is 0. The van der Waals surface area contributed by atoms with Gasteiger partial charge < -0.3 is 10.5 Å².